The van der Waals surface area contributed by atoms with Crippen LogP contribution in [0, 0.1) is 0 Å². The second-order valence-corrected chi connectivity index (χ2v) is 6.49. The summed E-state index contributed by atoms with van der Waals surface area (Å²) in [4.78, 5) is 0. The van der Waals surface area contributed by atoms with Crippen LogP contribution in [-0.2, 0) is 13.6 Å². The summed E-state index contributed by atoms with van der Waals surface area (Å²) >= 11 is 0. The van der Waals surface area contributed by atoms with Gasteiger partial charge in [0.2, 0.25) is 0 Å². The van der Waals surface area contributed by atoms with Gasteiger partial charge in [-0.15, -0.1) is 0 Å². The summed E-state index contributed by atoms with van der Waals surface area (Å²) < 4.78 is 16.4. The zero-order chi connectivity index (χ0) is 10.9. The molecule has 0 aliphatic carbocycles. The van der Waals surface area contributed by atoms with Gasteiger partial charge in [0, 0.05) is 13.2 Å². The lowest BCUT2D eigenvalue weighted by Crippen LogP contribution is -2.38. The van der Waals surface area contributed by atoms with Gasteiger partial charge in [-0.05, 0) is 32.9 Å². The molecule has 0 aromatic carbocycles. The van der Waals surface area contributed by atoms with Crippen molar-refractivity contribution < 1.29 is 13.6 Å². The van der Waals surface area contributed by atoms with Gasteiger partial charge in [-0.3, -0.25) is 0 Å². The monoisotopic (exact) mass is 218 g/mol. The molecule has 0 bridgehead atoms. The fraction of sp³-hybridized carbons (Fsp3) is 0.800. The lowest BCUT2D eigenvalue weighted by Gasteiger charge is -2.25. The molecule has 0 saturated carbocycles. The second-order valence-electron chi connectivity index (χ2n) is 3.14. The Morgan fingerprint density at radius 1 is 1.21 bits per heavy atom. The standard InChI is InChI=1S/C10H22O3Si/c1-5-11-9-8-10-14(4,12-6-2)13-7-3/h5H,1,6-10H2,2-4H3. The lowest BCUT2D eigenvalue weighted by molar-refractivity contribution is 0.182. The number of hydrogen-bond donors (Lipinski definition) is 0. The molecule has 0 radical (unpaired) electrons. The van der Waals surface area contributed by atoms with Crippen LogP contribution in [0.25, 0.3) is 0 Å². The maximum Gasteiger partial charge on any atom is 0.335 e. The van der Waals surface area contributed by atoms with Crippen LogP contribution in [0.5, 0.6) is 0 Å². The first-order valence-corrected chi connectivity index (χ1v) is 7.71. The van der Waals surface area contributed by atoms with E-state index in [0.717, 1.165) is 25.7 Å². The molecule has 0 saturated heterocycles. The van der Waals surface area contributed by atoms with E-state index in [2.05, 4.69) is 13.1 Å². The van der Waals surface area contributed by atoms with Crippen LogP contribution in [0.1, 0.15) is 20.3 Å². The third-order valence-electron chi connectivity index (χ3n) is 1.91. The van der Waals surface area contributed by atoms with Gasteiger partial charge < -0.3 is 13.6 Å². The molecule has 0 unspecified atom stereocenters. The van der Waals surface area contributed by atoms with Crippen LogP contribution in [0.3, 0.4) is 0 Å². The number of rotatable bonds is 9. The second kappa shape index (κ2) is 8.02. The van der Waals surface area contributed by atoms with E-state index in [1.165, 1.54) is 6.26 Å². The molecule has 0 spiro atoms. The van der Waals surface area contributed by atoms with Gasteiger partial charge in [0.05, 0.1) is 12.9 Å². The Morgan fingerprint density at radius 2 is 1.79 bits per heavy atom. The van der Waals surface area contributed by atoms with Crippen molar-refractivity contribution in [2.75, 3.05) is 19.8 Å². The highest BCUT2D eigenvalue weighted by Gasteiger charge is 2.29. The average Bonchev–Trinajstić information content (AvgIpc) is 2.13. The Morgan fingerprint density at radius 3 is 2.21 bits per heavy atom. The molecule has 0 amide bonds. The van der Waals surface area contributed by atoms with Gasteiger partial charge in [0.15, 0.2) is 0 Å². The molecule has 0 rings (SSSR count). The third kappa shape index (κ3) is 6.18. The smallest absolute Gasteiger partial charge is 0.335 e. The summed E-state index contributed by atoms with van der Waals surface area (Å²) in [5.74, 6) is 0. The van der Waals surface area contributed by atoms with Crippen LogP contribution in [-0.4, -0.2) is 28.4 Å². The molecule has 3 nitrogen and oxygen atoms in total. The number of ether oxygens (including phenoxy) is 1. The minimum Gasteiger partial charge on any atom is -0.502 e. The molecule has 0 heterocycles. The molecule has 0 atom stereocenters. The lowest BCUT2D eigenvalue weighted by atomic mass is 10.5. The van der Waals surface area contributed by atoms with Crippen LogP contribution in [0.15, 0.2) is 12.8 Å². The first-order valence-electron chi connectivity index (χ1n) is 5.19. The largest absolute Gasteiger partial charge is 0.502 e. The van der Waals surface area contributed by atoms with E-state index in [0.29, 0.717) is 6.61 Å². The third-order valence-corrected chi connectivity index (χ3v) is 4.97. The predicted molar refractivity (Wildman–Crippen MR) is 60.4 cm³/mol. The van der Waals surface area contributed by atoms with E-state index in [4.69, 9.17) is 13.6 Å². The van der Waals surface area contributed by atoms with Crippen molar-refractivity contribution in [3.05, 3.63) is 12.8 Å². The highest BCUT2D eigenvalue weighted by atomic mass is 28.4. The minimum absolute atomic E-state index is 0.701. The van der Waals surface area contributed by atoms with Crippen molar-refractivity contribution in [2.24, 2.45) is 0 Å². The van der Waals surface area contributed by atoms with E-state index >= 15 is 0 Å². The summed E-state index contributed by atoms with van der Waals surface area (Å²) in [6.45, 7) is 11.8. The first-order chi connectivity index (χ1) is 6.68. The van der Waals surface area contributed by atoms with Gasteiger partial charge in [0.25, 0.3) is 0 Å². The molecule has 84 valence electrons. The molecule has 4 heteroatoms. The summed E-state index contributed by atoms with van der Waals surface area (Å²) in [6.07, 6.45) is 2.44. The molecule has 0 aromatic rings. The molecule has 0 N–H and O–H groups in total. The molecular weight excluding hydrogens is 196 g/mol. The van der Waals surface area contributed by atoms with Gasteiger partial charge in [-0.25, -0.2) is 0 Å². The van der Waals surface area contributed by atoms with Crippen LogP contribution in [0.4, 0.5) is 0 Å². The Balaban J connectivity index is 3.76. The van der Waals surface area contributed by atoms with E-state index in [-0.39, 0.29) is 0 Å². The van der Waals surface area contributed by atoms with Crippen molar-refractivity contribution in [3.63, 3.8) is 0 Å². The van der Waals surface area contributed by atoms with Gasteiger partial charge in [-0.1, -0.05) is 6.58 Å². The summed E-state index contributed by atoms with van der Waals surface area (Å²) in [5, 5.41) is 0. The molecular formula is C10H22O3Si. The Labute approximate surface area is 88.3 Å². The highest BCUT2D eigenvalue weighted by molar-refractivity contribution is 6.66. The molecule has 14 heavy (non-hydrogen) atoms. The van der Waals surface area contributed by atoms with Crippen molar-refractivity contribution in [1.29, 1.82) is 0 Å². The summed E-state index contributed by atoms with van der Waals surface area (Å²) in [7, 11) is -1.91. The van der Waals surface area contributed by atoms with Crippen molar-refractivity contribution in [1.82, 2.24) is 0 Å². The zero-order valence-electron chi connectivity index (χ0n) is 9.54. The normalized spacial score (nSPS) is 11.4. The average molecular weight is 218 g/mol. The van der Waals surface area contributed by atoms with Gasteiger partial charge in [0.1, 0.15) is 0 Å². The van der Waals surface area contributed by atoms with Gasteiger partial charge >= 0.3 is 8.56 Å². The molecule has 0 aliphatic rings. The van der Waals surface area contributed by atoms with E-state index in [9.17, 15) is 0 Å². The van der Waals surface area contributed by atoms with E-state index < -0.39 is 8.56 Å². The molecule has 0 fully saturated rings. The van der Waals surface area contributed by atoms with Crippen LogP contribution >= 0.6 is 0 Å². The molecule has 0 aliphatic heterocycles. The Hall–Kier alpha value is -0.323. The highest BCUT2D eigenvalue weighted by Crippen LogP contribution is 2.15. The zero-order valence-corrected chi connectivity index (χ0v) is 10.5. The van der Waals surface area contributed by atoms with Gasteiger partial charge in [-0.2, -0.15) is 0 Å². The fourth-order valence-electron chi connectivity index (χ4n) is 1.36. The minimum atomic E-state index is -1.91. The number of hydrogen-bond acceptors (Lipinski definition) is 3. The van der Waals surface area contributed by atoms with Crippen molar-refractivity contribution >= 4 is 8.56 Å². The van der Waals surface area contributed by atoms with Crippen molar-refractivity contribution in [2.45, 2.75) is 32.9 Å². The summed E-state index contributed by atoms with van der Waals surface area (Å²) in [6, 6.07) is 0.975. The van der Waals surface area contributed by atoms with E-state index in [1.54, 1.807) is 0 Å². The SMILES string of the molecule is C=COCCC[Si](C)(OCC)OCC. The quantitative estimate of drug-likeness (QED) is 0.338. The van der Waals surface area contributed by atoms with Crippen LogP contribution < -0.4 is 0 Å². The van der Waals surface area contributed by atoms with Crippen molar-refractivity contribution in [3.8, 4) is 0 Å². The molecule has 0 aromatic heterocycles. The first kappa shape index (κ1) is 13.7. The fourth-order valence-corrected chi connectivity index (χ4v) is 3.74. The maximum absolute atomic E-state index is 5.69. The topological polar surface area (TPSA) is 27.7 Å². The van der Waals surface area contributed by atoms with Crippen LogP contribution in [0.2, 0.25) is 12.6 Å². The Kier molecular flexibility index (Phi) is 7.84. The maximum atomic E-state index is 5.69. The Bertz CT molecular complexity index is 144. The summed E-state index contributed by atoms with van der Waals surface area (Å²) in [5.41, 5.74) is 0. The predicted octanol–water partition coefficient (Wildman–Crippen LogP) is 2.68. The van der Waals surface area contributed by atoms with E-state index in [1.807, 2.05) is 13.8 Å².